The van der Waals surface area contributed by atoms with Gasteiger partial charge in [0.25, 0.3) is 0 Å². The first-order chi connectivity index (χ1) is 5.93. The highest BCUT2D eigenvalue weighted by molar-refractivity contribution is 7.97. The average molecular weight is 222 g/mol. The maximum absolute atomic E-state index is 10.8. The molecule has 0 rings (SSSR count). The number of thiol groups is 2. The SMILES string of the molecule is O=C(O)CCC(CC(=O)S)C(=O)S. The van der Waals surface area contributed by atoms with Crippen molar-refractivity contribution >= 4 is 41.5 Å². The predicted molar refractivity (Wildman–Crippen MR) is 53.0 cm³/mol. The van der Waals surface area contributed by atoms with E-state index < -0.39 is 22.1 Å². The largest absolute Gasteiger partial charge is 0.481 e. The fourth-order valence-corrected chi connectivity index (χ4v) is 1.26. The molecule has 0 fully saturated rings. The molecule has 0 aromatic rings. The fourth-order valence-electron chi connectivity index (χ4n) is 0.821. The summed E-state index contributed by atoms with van der Waals surface area (Å²) < 4.78 is 0. The van der Waals surface area contributed by atoms with Crippen molar-refractivity contribution in [2.45, 2.75) is 19.3 Å². The van der Waals surface area contributed by atoms with Crippen LogP contribution in [0.3, 0.4) is 0 Å². The molecule has 0 aliphatic heterocycles. The maximum Gasteiger partial charge on any atom is 0.303 e. The lowest BCUT2D eigenvalue weighted by Crippen LogP contribution is -2.13. The van der Waals surface area contributed by atoms with E-state index in [9.17, 15) is 14.4 Å². The zero-order valence-corrected chi connectivity index (χ0v) is 8.55. The molecule has 0 aliphatic carbocycles. The third-order valence-corrected chi connectivity index (χ3v) is 2.02. The zero-order chi connectivity index (χ0) is 10.4. The van der Waals surface area contributed by atoms with Gasteiger partial charge >= 0.3 is 5.97 Å². The first-order valence-corrected chi connectivity index (χ1v) is 4.49. The molecule has 1 atom stereocenters. The Hall–Kier alpha value is -0.490. The molecule has 0 heterocycles. The van der Waals surface area contributed by atoms with Crippen LogP contribution in [0.4, 0.5) is 0 Å². The summed E-state index contributed by atoms with van der Waals surface area (Å²) in [5, 5.41) is 7.44. The molecule has 1 N–H and O–H groups in total. The smallest absolute Gasteiger partial charge is 0.303 e. The third-order valence-electron chi connectivity index (χ3n) is 1.48. The van der Waals surface area contributed by atoms with Gasteiger partial charge in [-0.05, 0) is 6.42 Å². The number of hydrogen-bond donors (Lipinski definition) is 3. The van der Waals surface area contributed by atoms with E-state index in [1.165, 1.54) is 0 Å². The van der Waals surface area contributed by atoms with E-state index in [0.29, 0.717) is 0 Å². The topological polar surface area (TPSA) is 71.4 Å². The third kappa shape index (κ3) is 6.65. The molecule has 0 saturated carbocycles. The lowest BCUT2D eigenvalue weighted by atomic mass is 10.0. The van der Waals surface area contributed by atoms with Gasteiger partial charge in [-0.2, -0.15) is 0 Å². The van der Waals surface area contributed by atoms with Gasteiger partial charge < -0.3 is 5.11 Å². The number of rotatable bonds is 6. The standard InChI is InChI=1S/C7H10O4S2/c8-5(9)2-1-4(7(11)13)3-6(10)12/h4H,1-3H2,(H,8,9)(H,10,12)(H,11,13). The quantitative estimate of drug-likeness (QED) is 0.580. The summed E-state index contributed by atoms with van der Waals surface area (Å²) in [5.41, 5.74) is 0. The molecule has 6 heteroatoms. The molecule has 0 saturated heterocycles. The van der Waals surface area contributed by atoms with Gasteiger partial charge in [-0.3, -0.25) is 14.4 Å². The summed E-state index contributed by atoms with van der Waals surface area (Å²) in [4.78, 5) is 31.5. The second-order valence-corrected chi connectivity index (χ2v) is 3.51. The number of carboxylic acids is 1. The summed E-state index contributed by atoms with van der Waals surface area (Å²) in [6.45, 7) is 0. The highest BCUT2D eigenvalue weighted by Gasteiger charge is 2.18. The first kappa shape index (κ1) is 12.5. The summed E-state index contributed by atoms with van der Waals surface area (Å²) in [5.74, 6) is -1.63. The van der Waals surface area contributed by atoms with Crippen LogP contribution >= 0.6 is 25.3 Å². The average Bonchev–Trinajstić information content (AvgIpc) is 1.96. The van der Waals surface area contributed by atoms with Gasteiger partial charge in [-0.15, -0.1) is 25.3 Å². The highest BCUT2D eigenvalue weighted by atomic mass is 32.1. The van der Waals surface area contributed by atoms with E-state index in [4.69, 9.17) is 5.11 Å². The Balaban J connectivity index is 4.02. The second kappa shape index (κ2) is 6.04. The van der Waals surface area contributed by atoms with Crippen LogP contribution in [0, 0.1) is 5.92 Å². The minimum atomic E-state index is -0.994. The van der Waals surface area contributed by atoms with Crippen LogP contribution in [-0.2, 0) is 14.4 Å². The van der Waals surface area contributed by atoms with E-state index >= 15 is 0 Å². The van der Waals surface area contributed by atoms with Crippen molar-refractivity contribution in [3.8, 4) is 0 Å². The van der Waals surface area contributed by atoms with Gasteiger partial charge in [0.05, 0.1) is 0 Å². The van der Waals surface area contributed by atoms with Crippen molar-refractivity contribution in [3.63, 3.8) is 0 Å². The molecule has 0 bridgehead atoms. The number of carboxylic acid groups (broad SMARTS) is 1. The van der Waals surface area contributed by atoms with Crippen LogP contribution < -0.4 is 0 Å². The van der Waals surface area contributed by atoms with Crippen molar-refractivity contribution in [1.29, 1.82) is 0 Å². The van der Waals surface area contributed by atoms with Crippen LogP contribution in [-0.4, -0.2) is 21.3 Å². The molecule has 13 heavy (non-hydrogen) atoms. The van der Waals surface area contributed by atoms with Crippen LogP contribution in [0.1, 0.15) is 19.3 Å². The Kier molecular flexibility index (Phi) is 5.81. The summed E-state index contributed by atoms with van der Waals surface area (Å²) in [6, 6.07) is 0. The van der Waals surface area contributed by atoms with Crippen molar-refractivity contribution in [2.24, 2.45) is 5.92 Å². The highest BCUT2D eigenvalue weighted by Crippen LogP contribution is 2.15. The minimum Gasteiger partial charge on any atom is -0.481 e. The molecular weight excluding hydrogens is 212 g/mol. The normalized spacial score (nSPS) is 12.2. The molecule has 0 aromatic carbocycles. The molecule has 0 spiro atoms. The van der Waals surface area contributed by atoms with Crippen LogP contribution in [0.25, 0.3) is 0 Å². The monoisotopic (exact) mass is 222 g/mol. The van der Waals surface area contributed by atoms with Gasteiger partial charge in [0, 0.05) is 18.8 Å². The van der Waals surface area contributed by atoms with Crippen molar-refractivity contribution in [3.05, 3.63) is 0 Å². The Morgan fingerprint density at radius 2 is 1.77 bits per heavy atom. The van der Waals surface area contributed by atoms with Crippen LogP contribution in [0.15, 0.2) is 0 Å². The molecule has 0 amide bonds. The van der Waals surface area contributed by atoms with E-state index in [0.717, 1.165) is 0 Å². The maximum atomic E-state index is 10.8. The fraction of sp³-hybridized carbons (Fsp3) is 0.571. The summed E-state index contributed by atoms with van der Waals surface area (Å²) >= 11 is 7.06. The molecule has 0 aliphatic rings. The van der Waals surface area contributed by atoms with E-state index in [1.54, 1.807) is 0 Å². The number of carbonyl (C=O) groups excluding carboxylic acids is 2. The van der Waals surface area contributed by atoms with Crippen LogP contribution in [0.2, 0.25) is 0 Å². The van der Waals surface area contributed by atoms with E-state index in [-0.39, 0.29) is 19.3 Å². The lowest BCUT2D eigenvalue weighted by molar-refractivity contribution is -0.137. The van der Waals surface area contributed by atoms with Gasteiger partial charge in [0.2, 0.25) is 0 Å². The predicted octanol–water partition coefficient (Wildman–Crippen LogP) is 0.770. The molecule has 1 unspecified atom stereocenters. The van der Waals surface area contributed by atoms with E-state index in [2.05, 4.69) is 25.3 Å². The summed E-state index contributed by atoms with van der Waals surface area (Å²) in [6.07, 6.45) is -0.0687. The van der Waals surface area contributed by atoms with Gasteiger partial charge in [0.15, 0.2) is 10.2 Å². The van der Waals surface area contributed by atoms with Gasteiger partial charge in [-0.25, -0.2) is 0 Å². The number of carbonyl (C=O) groups is 3. The molecule has 4 nitrogen and oxygen atoms in total. The number of aliphatic carboxylic acids is 1. The molecular formula is C7H10O4S2. The second-order valence-electron chi connectivity index (χ2n) is 2.57. The number of hydrogen-bond acceptors (Lipinski definition) is 3. The Bertz CT molecular complexity index is 227. The lowest BCUT2D eigenvalue weighted by Gasteiger charge is -2.08. The Morgan fingerprint density at radius 1 is 1.23 bits per heavy atom. The molecule has 0 aromatic heterocycles. The van der Waals surface area contributed by atoms with E-state index in [1.807, 2.05) is 0 Å². The van der Waals surface area contributed by atoms with Gasteiger partial charge in [-0.1, -0.05) is 0 Å². The van der Waals surface area contributed by atoms with Gasteiger partial charge in [0.1, 0.15) is 0 Å². The first-order valence-electron chi connectivity index (χ1n) is 3.60. The molecule has 74 valence electrons. The van der Waals surface area contributed by atoms with Crippen molar-refractivity contribution in [1.82, 2.24) is 0 Å². The Morgan fingerprint density at radius 3 is 2.08 bits per heavy atom. The van der Waals surface area contributed by atoms with Crippen molar-refractivity contribution < 1.29 is 19.5 Å². The van der Waals surface area contributed by atoms with Crippen LogP contribution in [0.5, 0.6) is 0 Å². The zero-order valence-electron chi connectivity index (χ0n) is 6.77. The van der Waals surface area contributed by atoms with Crippen molar-refractivity contribution in [2.75, 3.05) is 0 Å². The minimum absolute atomic E-state index is 0.0568. The summed E-state index contributed by atoms with van der Waals surface area (Å²) in [7, 11) is 0. The Labute approximate surface area is 86.5 Å². The molecule has 0 radical (unpaired) electrons.